The lowest BCUT2D eigenvalue weighted by molar-refractivity contribution is 0.636. The zero-order chi connectivity index (χ0) is 8.97. The Morgan fingerprint density at radius 1 is 1.33 bits per heavy atom. The van der Waals surface area contributed by atoms with E-state index in [1.54, 1.807) is 5.57 Å². The SMILES string of the molecule is CCC(C)=CCCC1CC1CC. The van der Waals surface area contributed by atoms with Crippen LogP contribution in [0, 0.1) is 11.8 Å². The number of rotatable bonds is 5. The number of hydrogen-bond acceptors (Lipinski definition) is 0. The van der Waals surface area contributed by atoms with E-state index in [2.05, 4.69) is 26.8 Å². The van der Waals surface area contributed by atoms with Gasteiger partial charge in [-0.15, -0.1) is 0 Å². The maximum absolute atomic E-state index is 2.42. The van der Waals surface area contributed by atoms with Crippen LogP contribution < -0.4 is 0 Å². The van der Waals surface area contributed by atoms with Crippen LogP contribution in [-0.4, -0.2) is 0 Å². The molecule has 0 bridgehead atoms. The molecule has 0 amide bonds. The van der Waals surface area contributed by atoms with Crippen molar-refractivity contribution in [2.24, 2.45) is 11.8 Å². The van der Waals surface area contributed by atoms with Crippen molar-refractivity contribution in [3.05, 3.63) is 11.6 Å². The van der Waals surface area contributed by atoms with Gasteiger partial charge in [-0.05, 0) is 44.4 Å². The summed E-state index contributed by atoms with van der Waals surface area (Å²) in [6.07, 6.45) is 9.32. The van der Waals surface area contributed by atoms with E-state index in [1.807, 2.05) is 0 Å². The molecule has 2 atom stereocenters. The normalized spacial score (nSPS) is 29.1. The standard InChI is InChI=1S/C12H22/c1-4-10(3)7-6-8-12-9-11(12)5-2/h7,11-12H,4-6,8-9H2,1-3H3. The third kappa shape index (κ3) is 3.00. The molecule has 1 aliphatic carbocycles. The Morgan fingerprint density at radius 2 is 2.08 bits per heavy atom. The van der Waals surface area contributed by atoms with Crippen molar-refractivity contribution in [3.63, 3.8) is 0 Å². The van der Waals surface area contributed by atoms with E-state index in [-0.39, 0.29) is 0 Å². The Balaban J connectivity index is 2.04. The zero-order valence-electron chi connectivity index (χ0n) is 8.77. The van der Waals surface area contributed by atoms with Crippen LogP contribution in [0.5, 0.6) is 0 Å². The van der Waals surface area contributed by atoms with Gasteiger partial charge in [0.15, 0.2) is 0 Å². The highest BCUT2D eigenvalue weighted by Gasteiger charge is 2.33. The van der Waals surface area contributed by atoms with Gasteiger partial charge >= 0.3 is 0 Å². The largest absolute Gasteiger partial charge is 0.0856 e. The second kappa shape index (κ2) is 4.69. The van der Waals surface area contributed by atoms with E-state index in [0.29, 0.717) is 0 Å². The average molecular weight is 166 g/mol. The monoisotopic (exact) mass is 166 g/mol. The molecule has 0 aromatic rings. The molecule has 1 aliphatic rings. The van der Waals surface area contributed by atoms with Gasteiger partial charge in [0.05, 0.1) is 0 Å². The van der Waals surface area contributed by atoms with Crippen LogP contribution in [0.4, 0.5) is 0 Å². The molecule has 0 heterocycles. The first-order valence-electron chi connectivity index (χ1n) is 5.43. The van der Waals surface area contributed by atoms with E-state index in [4.69, 9.17) is 0 Å². The first-order valence-corrected chi connectivity index (χ1v) is 5.43. The van der Waals surface area contributed by atoms with Crippen LogP contribution in [0.15, 0.2) is 11.6 Å². The van der Waals surface area contributed by atoms with E-state index >= 15 is 0 Å². The molecule has 0 radical (unpaired) electrons. The lowest BCUT2D eigenvalue weighted by Gasteiger charge is -1.96. The summed E-state index contributed by atoms with van der Waals surface area (Å²) in [5.41, 5.74) is 1.56. The van der Waals surface area contributed by atoms with E-state index in [0.717, 1.165) is 11.8 Å². The highest BCUT2D eigenvalue weighted by molar-refractivity contribution is 4.97. The number of allylic oxidation sites excluding steroid dienone is 2. The summed E-state index contributed by atoms with van der Waals surface area (Å²) in [7, 11) is 0. The first kappa shape index (κ1) is 9.83. The molecule has 1 rings (SSSR count). The number of hydrogen-bond donors (Lipinski definition) is 0. The minimum Gasteiger partial charge on any atom is -0.0856 e. The minimum absolute atomic E-state index is 1.08. The van der Waals surface area contributed by atoms with Crippen molar-refractivity contribution < 1.29 is 0 Å². The van der Waals surface area contributed by atoms with Crippen LogP contribution >= 0.6 is 0 Å². The van der Waals surface area contributed by atoms with Crippen molar-refractivity contribution in [3.8, 4) is 0 Å². The lowest BCUT2D eigenvalue weighted by atomic mass is 10.1. The van der Waals surface area contributed by atoms with Gasteiger partial charge in [-0.25, -0.2) is 0 Å². The van der Waals surface area contributed by atoms with E-state index < -0.39 is 0 Å². The lowest BCUT2D eigenvalue weighted by Crippen LogP contribution is -1.81. The second-order valence-electron chi connectivity index (χ2n) is 4.15. The fraction of sp³-hybridized carbons (Fsp3) is 0.833. The third-order valence-electron chi connectivity index (χ3n) is 3.18. The van der Waals surface area contributed by atoms with Gasteiger partial charge in [-0.2, -0.15) is 0 Å². The Bertz CT molecular complexity index is 155. The van der Waals surface area contributed by atoms with Crippen molar-refractivity contribution >= 4 is 0 Å². The molecule has 1 fully saturated rings. The van der Waals surface area contributed by atoms with Crippen molar-refractivity contribution in [1.82, 2.24) is 0 Å². The van der Waals surface area contributed by atoms with Crippen molar-refractivity contribution in [2.75, 3.05) is 0 Å². The molecular weight excluding hydrogens is 144 g/mol. The predicted molar refractivity (Wildman–Crippen MR) is 55.2 cm³/mol. The summed E-state index contributed by atoms with van der Waals surface area (Å²) in [6.45, 7) is 6.79. The maximum atomic E-state index is 2.42. The molecule has 2 unspecified atom stereocenters. The van der Waals surface area contributed by atoms with Gasteiger partial charge in [0.2, 0.25) is 0 Å². The molecule has 0 heteroatoms. The molecule has 0 nitrogen and oxygen atoms in total. The summed E-state index contributed by atoms with van der Waals surface area (Å²) in [4.78, 5) is 0. The van der Waals surface area contributed by atoms with Crippen LogP contribution in [0.3, 0.4) is 0 Å². The Morgan fingerprint density at radius 3 is 2.58 bits per heavy atom. The molecule has 0 aromatic carbocycles. The molecule has 12 heavy (non-hydrogen) atoms. The van der Waals surface area contributed by atoms with E-state index in [9.17, 15) is 0 Å². The first-order chi connectivity index (χ1) is 5.77. The Kier molecular flexibility index (Phi) is 3.84. The van der Waals surface area contributed by atoms with Crippen LogP contribution in [0.25, 0.3) is 0 Å². The summed E-state index contributed by atoms with van der Waals surface area (Å²) in [5, 5.41) is 0. The van der Waals surface area contributed by atoms with Gasteiger partial charge in [-0.1, -0.05) is 31.9 Å². The Labute approximate surface area is 77.1 Å². The van der Waals surface area contributed by atoms with Gasteiger partial charge in [-0.3, -0.25) is 0 Å². The zero-order valence-corrected chi connectivity index (χ0v) is 8.77. The summed E-state index contributed by atoms with van der Waals surface area (Å²) in [6, 6.07) is 0. The van der Waals surface area contributed by atoms with Gasteiger partial charge in [0.1, 0.15) is 0 Å². The topological polar surface area (TPSA) is 0 Å². The third-order valence-corrected chi connectivity index (χ3v) is 3.18. The maximum Gasteiger partial charge on any atom is -0.0345 e. The molecule has 0 aromatic heterocycles. The van der Waals surface area contributed by atoms with Crippen LogP contribution in [-0.2, 0) is 0 Å². The molecule has 1 saturated carbocycles. The smallest absolute Gasteiger partial charge is 0.0345 e. The Hall–Kier alpha value is -0.260. The second-order valence-corrected chi connectivity index (χ2v) is 4.15. The van der Waals surface area contributed by atoms with Crippen LogP contribution in [0.1, 0.15) is 52.9 Å². The average Bonchev–Trinajstić information content (AvgIpc) is 2.83. The fourth-order valence-electron chi connectivity index (χ4n) is 1.85. The van der Waals surface area contributed by atoms with Crippen molar-refractivity contribution in [2.45, 2.75) is 52.9 Å². The highest BCUT2D eigenvalue weighted by Crippen LogP contribution is 2.44. The van der Waals surface area contributed by atoms with Crippen molar-refractivity contribution in [1.29, 1.82) is 0 Å². The van der Waals surface area contributed by atoms with Gasteiger partial charge in [0, 0.05) is 0 Å². The fourth-order valence-corrected chi connectivity index (χ4v) is 1.85. The molecular formula is C12H22. The van der Waals surface area contributed by atoms with Gasteiger partial charge in [0.25, 0.3) is 0 Å². The highest BCUT2D eigenvalue weighted by atomic mass is 14.4. The van der Waals surface area contributed by atoms with Crippen LogP contribution in [0.2, 0.25) is 0 Å². The van der Waals surface area contributed by atoms with Gasteiger partial charge < -0.3 is 0 Å². The summed E-state index contributed by atoms with van der Waals surface area (Å²) in [5.74, 6) is 2.16. The molecule has 0 aliphatic heterocycles. The summed E-state index contributed by atoms with van der Waals surface area (Å²) >= 11 is 0. The molecule has 70 valence electrons. The molecule has 0 saturated heterocycles. The van der Waals surface area contributed by atoms with E-state index in [1.165, 1.54) is 32.1 Å². The quantitative estimate of drug-likeness (QED) is 0.538. The minimum atomic E-state index is 1.08. The molecule has 0 N–H and O–H groups in total. The predicted octanol–water partition coefficient (Wildman–Crippen LogP) is 4.17. The summed E-state index contributed by atoms with van der Waals surface area (Å²) < 4.78 is 0. The molecule has 0 spiro atoms.